The van der Waals surface area contributed by atoms with Crippen molar-refractivity contribution in [1.29, 1.82) is 0 Å². The van der Waals surface area contributed by atoms with Gasteiger partial charge in [-0.1, -0.05) is 30.3 Å². The molecule has 0 saturated carbocycles. The quantitative estimate of drug-likeness (QED) is 0.317. The zero-order valence-corrected chi connectivity index (χ0v) is 18.3. The zero-order chi connectivity index (χ0) is 23.1. The second kappa shape index (κ2) is 10.7. The van der Waals surface area contributed by atoms with Crippen LogP contribution < -0.4 is 5.32 Å². The molecule has 8 heteroatoms. The molecule has 1 amide bonds. The normalized spacial score (nSPS) is 13.1. The van der Waals surface area contributed by atoms with Gasteiger partial charge < -0.3 is 19.7 Å². The number of aliphatic carboxylic acids is 1. The van der Waals surface area contributed by atoms with Crippen molar-refractivity contribution in [2.75, 3.05) is 18.7 Å². The smallest absolute Gasteiger partial charge is 0.412 e. The monoisotopic (exact) mass is 453 g/mol. The molecule has 0 aliphatic heterocycles. The van der Waals surface area contributed by atoms with Crippen molar-refractivity contribution >= 4 is 40.3 Å². The van der Waals surface area contributed by atoms with Gasteiger partial charge >= 0.3 is 12.1 Å². The number of hydrogen-bond donors (Lipinski definition) is 3. The topological polar surface area (TPSA) is 105 Å². The summed E-state index contributed by atoms with van der Waals surface area (Å²) in [5, 5.41) is 23.2. The number of fused-ring (bicyclic) bond motifs is 1. The summed E-state index contributed by atoms with van der Waals surface area (Å²) in [6.07, 6.45) is 1.62. The predicted molar refractivity (Wildman–Crippen MR) is 124 cm³/mol. The molecule has 0 spiro atoms. The zero-order valence-electron chi connectivity index (χ0n) is 17.5. The summed E-state index contributed by atoms with van der Waals surface area (Å²) in [6.45, 7) is 0. The van der Waals surface area contributed by atoms with Gasteiger partial charge in [0, 0.05) is 34.7 Å². The predicted octanol–water partition coefficient (Wildman–Crippen LogP) is 5.21. The molecule has 2 atom stereocenters. The summed E-state index contributed by atoms with van der Waals surface area (Å²) in [6, 6.07) is 17.5. The fourth-order valence-corrected chi connectivity index (χ4v) is 3.69. The second-order valence-corrected chi connectivity index (χ2v) is 7.68. The van der Waals surface area contributed by atoms with E-state index in [0.29, 0.717) is 22.0 Å². The minimum atomic E-state index is -1.15. The maximum atomic E-state index is 12.7. The van der Waals surface area contributed by atoms with Crippen molar-refractivity contribution in [3.8, 4) is 5.75 Å². The molecular formula is C24H23NO6S. The number of carbonyl (C=O) groups excluding carboxylic acids is 1. The number of aromatic hydroxyl groups is 1. The van der Waals surface area contributed by atoms with Gasteiger partial charge in [0.2, 0.25) is 0 Å². The highest BCUT2D eigenvalue weighted by Gasteiger charge is 2.28. The van der Waals surface area contributed by atoms with Crippen LogP contribution in [-0.4, -0.2) is 41.7 Å². The molecule has 0 radical (unpaired) electrons. The number of nitrogens with one attached hydrogen (secondary N) is 1. The van der Waals surface area contributed by atoms with Crippen molar-refractivity contribution in [3.63, 3.8) is 0 Å². The van der Waals surface area contributed by atoms with Gasteiger partial charge in [0.1, 0.15) is 11.9 Å². The van der Waals surface area contributed by atoms with Gasteiger partial charge in [0.25, 0.3) is 0 Å². The van der Waals surface area contributed by atoms with Gasteiger partial charge in [-0.3, -0.25) is 5.32 Å². The molecular weight excluding hydrogens is 430 g/mol. The summed E-state index contributed by atoms with van der Waals surface area (Å²) >= 11 is 1.58. The fraction of sp³-hybridized carbons (Fsp3) is 0.167. The molecule has 0 aromatic heterocycles. The Kier molecular flexibility index (Phi) is 7.75. The standard InChI is InChI=1S/C24H23NO6S/c1-30-21(13-14-22(27)28)23(19-11-12-20(26)18-6-4-3-5-17(18)19)31-24(29)25-15-7-9-16(32-2)10-8-15/h3-14,21,23,26H,1-2H3,(H,25,29)(H,27,28)/b14-13+/t21-,23-/m0/s1. The van der Waals surface area contributed by atoms with Gasteiger partial charge in [0.15, 0.2) is 6.10 Å². The van der Waals surface area contributed by atoms with Gasteiger partial charge in [-0.2, -0.15) is 0 Å². The van der Waals surface area contributed by atoms with E-state index in [9.17, 15) is 14.7 Å². The largest absolute Gasteiger partial charge is 0.507 e. The number of carbonyl (C=O) groups is 2. The SMILES string of the molecule is CO[C@@H](/C=C/C(=O)O)[C@@H](OC(=O)Nc1ccc(SC)cc1)c1ccc(O)c2ccccc12. The highest BCUT2D eigenvalue weighted by Crippen LogP contribution is 2.35. The number of anilines is 1. The van der Waals surface area contributed by atoms with Crippen LogP contribution in [0, 0.1) is 0 Å². The highest BCUT2D eigenvalue weighted by molar-refractivity contribution is 7.98. The third-order valence-electron chi connectivity index (χ3n) is 4.81. The van der Waals surface area contributed by atoms with E-state index >= 15 is 0 Å². The van der Waals surface area contributed by atoms with Crippen LogP contribution in [0.5, 0.6) is 5.75 Å². The number of phenols is 1. The maximum absolute atomic E-state index is 12.7. The van der Waals surface area contributed by atoms with Crippen LogP contribution in [0.4, 0.5) is 10.5 Å². The molecule has 0 fully saturated rings. The van der Waals surface area contributed by atoms with E-state index < -0.39 is 24.3 Å². The van der Waals surface area contributed by atoms with Gasteiger partial charge in [-0.05, 0) is 48.0 Å². The number of hydrogen-bond acceptors (Lipinski definition) is 6. The van der Waals surface area contributed by atoms with Crippen LogP contribution >= 0.6 is 11.8 Å². The minimum Gasteiger partial charge on any atom is -0.507 e. The summed E-state index contributed by atoms with van der Waals surface area (Å²) in [5.41, 5.74) is 1.12. The summed E-state index contributed by atoms with van der Waals surface area (Å²) in [4.78, 5) is 24.8. The number of phenolic OH excluding ortho intramolecular Hbond substituents is 1. The van der Waals surface area contributed by atoms with Crippen molar-refractivity contribution in [3.05, 3.63) is 78.4 Å². The number of ether oxygens (including phenoxy) is 2. The Bertz CT molecular complexity index is 1130. The van der Waals surface area contributed by atoms with E-state index in [1.807, 2.05) is 18.4 Å². The summed E-state index contributed by atoms with van der Waals surface area (Å²) in [7, 11) is 1.40. The molecule has 0 bridgehead atoms. The lowest BCUT2D eigenvalue weighted by Gasteiger charge is -2.25. The van der Waals surface area contributed by atoms with Crippen LogP contribution in [0.25, 0.3) is 10.8 Å². The fourth-order valence-electron chi connectivity index (χ4n) is 3.28. The van der Waals surface area contributed by atoms with E-state index in [2.05, 4.69) is 5.32 Å². The number of methoxy groups -OCH3 is 1. The molecule has 0 aliphatic rings. The van der Waals surface area contributed by atoms with E-state index in [-0.39, 0.29) is 5.75 Å². The van der Waals surface area contributed by atoms with Crippen LogP contribution in [0.15, 0.2) is 77.7 Å². The number of carboxylic acids is 1. The molecule has 32 heavy (non-hydrogen) atoms. The van der Waals surface area contributed by atoms with Crippen molar-refractivity contribution in [1.82, 2.24) is 0 Å². The minimum absolute atomic E-state index is 0.0801. The van der Waals surface area contributed by atoms with Crippen molar-refractivity contribution < 1.29 is 29.3 Å². The van der Waals surface area contributed by atoms with Crippen LogP contribution in [0.1, 0.15) is 11.7 Å². The molecule has 0 unspecified atom stereocenters. The second-order valence-electron chi connectivity index (χ2n) is 6.80. The molecule has 7 nitrogen and oxygen atoms in total. The van der Waals surface area contributed by atoms with Crippen LogP contribution in [-0.2, 0) is 14.3 Å². The molecule has 3 aromatic carbocycles. The number of thioether (sulfide) groups is 1. The van der Waals surface area contributed by atoms with E-state index in [1.165, 1.54) is 19.3 Å². The number of carboxylic acid groups (broad SMARTS) is 1. The van der Waals surface area contributed by atoms with E-state index in [4.69, 9.17) is 14.6 Å². The van der Waals surface area contributed by atoms with Crippen LogP contribution in [0.3, 0.4) is 0 Å². The van der Waals surface area contributed by atoms with Gasteiger partial charge in [-0.25, -0.2) is 9.59 Å². The lowest BCUT2D eigenvalue weighted by molar-refractivity contribution is -0.131. The Morgan fingerprint density at radius 3 is 2.34 bits per heavy atom. The Morgan fingerprint density at radius 1 is 1.03 bits per heavy atom. The van der Waals surface area contributed by atoms with Gasteiger partial charge in [-0.15, -0.1) is 11.8 Å². The highest BCUT2D eigenvalue weighted by atomic mass is 32.2. The molecule has 0 heterocycles. The Morgan fingerprint density at radius 2 is 1.72 bits per heavy atom. The number of amides is 1. The van der Waals surface area contributed by atoms with Gasteiger partial charge in [0.05, 0.1) is 0 Å². The first-order chi connectivity index (χ1) is 15.4. The van der Waals surface area contributed by atoms with Crippen molar-refractivity contribution in [2.24, 2.45) is 0 Å². The summed E-state index contributed by atoms with van der Waals surface area (Å²) in [5.74, 6) is -1.07. The number of benzene rings is 3. The molecule has 0 saturated heterocycles. The summed E-state index contributed by atoms with van der Waals surface area (Å²) < 4.78 is 11.2. The third kappa shape index (κ3) is 5.60. The lowest BCUT2D eigenvalue weighted by atomic mass is 9.96. The van der Waals surface area contributed by atoms with Crippen molar-refractivity contribution in [2.45, 2.75) is 17.1 Å². The first-order valence-corrected chi connectivity index (χ1v) is 10.9. The first-order valence-electron chi connectivity index (χ1n) is 9.69. The Labute approximate surface area is 189 Å². The molecule has 0 aliphatic carbocycles. The maximum Gasteiger partial charge on any atom is 0.412 e. The average molecular weight is 454 g/mol. The molecule has 3 aromatic rings. The lowest BCUT2D eigenvalue weighted by Crippen LogP contribution is -2.27. The molecule has 3 N–H and O–H groups in total. The Balaban J connectivity index is 1.96. The molecule has 3 rings (SSSR count). The number of rotatable bonds is 8. The average Bonchev–Trinajstić information content (AvgIpc) is 2.79. The van der Waals surface area contributed by atoms with Crippen LogP contribution in [0.2, 0.25) is 0 Å². The first kappa shape index (κ1) is 23.2. The van der Waals surface area contributed by atoms with E-state index in [1.54, 1.807) is 54.2 Å². The van der Waals surface area contributed by atoms with E-state index in [0.717, 1.165) is 11.0 Å². The third-order valence-corrected chi connectivity index (χ3v) is 5.55. The Hall–Kier alpha value is -3.49. The molecule has 166 valence electrons.